The molecule has 5 heteroatoms. The molecule has 0 heterocycles. The summed E-state index contributed by atoms with van der Waals surface area (Å²) in [6.45, 7) is 13.6. The van der Waals surface area contributed by atoms with Crippen LogP contribution in [-0.4, -0.2) is 35.3 Å². The summed E-state index contributed by atoms with van der Waals surface area (Å²) >= 11 is 0. The Morgan fingerprint density at radius 3 is 2.05 bits per heavy atom. The lowest BCUT2D eigenvalue weighted by Crippen LogP contribution is -2.40. The Hall–Kier alpha value is -1.49. The summed E-state index contributed by atoms with van der Waals surface area (Å²) in [5.74, 6) is -0.796. The number of hydrogen-bond donors (Lipinski definition) is 1. The minimum absolute atomic E-state index is 0.0389. The van der Waals surface area contributed by atoms with E-state index >= 15 is 0 Å². The van der Waals surface area contributed by atoms with Crippen molar-refractivity contribution in [3.63, 3.8) is 0 Å². The third-order valence-corrected chi connectivity index (χ3v) is 2.77. The Morgan fingerprint density at radius 1 is 1.15 bits per heavy atom. The second-order valence-corrected chi connectivity index (χ2v) is 5.99. The predicted octanol–water partition coefficient (Wildman–Crippen LogP) is 2.68. The third-order valence-electron chi connectivity index (χ3n) is 2.77. The zero-order valence-electron chi connectivity index (χ0n) is 13.3. The Kier molecular flexibility index (Phi) is 6.29. The highest BCUT2D eigenvalue weighted by atomic mass is 16.6. The minimum atomic E-state index is -1.04. The molecule has 0 atom stereocenters. The number of ketones is 1. The molecule has 5 nitrogen and oxygen atoms in total. The third kappa shape index (κ3) is 6.10. The smallest absolute Gasteiger partial charge is 0.333 e. The first-order valence-corrected chi connectivity index (χ1v) is 6.52. The van der Waals surface area contributed by atoms with Crippen LogP contribution in [0.4, 0.5) is 0 Å². The van der Waals surface area contributed by atoms with E-state index in [4.69, 9.17) is 14.9 Å². The van der Waals surface area contributed by atoms with Crippen molar-refractivity contribution in [2.24, 2.45) is 0 Å². The summed E-state index contributed by atoms with van der Waals surface area (Å²) in [6, 6.07) is 0. The van der Waals surface area contributed by atoms with E-state index in [1.807, 2.05) is 0 Å². The second-order valence-electron chi connectivity index (χ2n) is 5.99. The molecule has 0 radical (unpaired) electrons. The maximum Gasteiger partial charge on any atom is 0.333 e. The van der Waals surface area contributed by atoms with Gasteiger partial charge in [0.15, 0.2) is 0 Å². The van der Waals surface area contributed by atoms with Gasteiger partial charge in [0.05, 0.1) is 12.3 Å². The highest BCUT2D eigenvalue weighted by Gasteiger charge is 2.31. The molecule has 0 fully saturated rings. The Balaban J connectivity index is 4.42. The van der Waals surface area contributed by atoms with Crippen molar-refractivity contribution in [2.45, 2.75) is 59.2 Å². The molecule has 0 aromatic rings. The standard InChI is InChI=1S/C15H25NO4/c1-10(2)13(18)20-14(4,5)8-9-19-15(6,7)12(17)11(3)16/h16H,1,8-9H2,2-7H3. The van der Waals surface area contributed by atoms with E-state index in [0.717, 1.165) is 0 Å². The van der Waals surface area contributed by atoms with Crippen LogP contribution in [0.15, 0.2) is 12.2 Å². The average molecular weight is 283 g/mol. The molecule has 0 spiro atoms. The molecule has 0 bridgehead atoms. The van der Waals surface area contributed by atoms with E-state index in [0.29, 0.717) is 12.0 Å². The first-order chi connectivity index (χ1) is 8.89. The van der Waals surface area contributed by atoms with E-state index < -0.39 is 17.2 Å². The van der Waals surface area contributed by atoms with Crippen molar-refractivity contribution in [2.75, 3.05) is 6.61 Å². The molecule has 0 aliphatic heterocycles. The van der Waals surface area contributed by atoms with Crippen molar-refractivity contribution in [1.29, 1.82) is 5.41 Å². The van der Waals surface area contributed by atoms with Gasteiger partial charge in [0.2, 0.25) is 5.78 Å². The van der Waals surface area contributed by atoms with Gasteiger partial charge < -0.3 is 14.9 Å². The summed E-state index contributed by atoms with van der Waals surface area (Å²) < 4.78 is 10.8. The number of ether oxygens (including phenoxy) is 2. The molecule has 0 rings (SSSR count). The summed E-state index contributed by atoms with van der Waals surface area (Å²) in [7, 11) is 0. The fraction of sp³-hybridized carbons (Fsp3) is 0.667. The van der Waals surface area contributed by atoms with E-state index in [1.54, 1.807) is 34.6 Å². The van der Waals surface area contributed by atoms with Gasteiger partial charge in [0.1, 0.15) is 11.2 Å². The Bertz CT molecular complexity index is 422. The highest BCUT2D eigenvalue weighted by molar-refractivity contribution is 6.40. The van der Waals surface area contributed by atoms with Gasteiger partial charge in [0.25, 0.3) is 0 Å². The molecule has 114 valence electrons. The van der Waals surface area contributed by atoms with E-state index in [1.165, 1.54) is 6.92 Å². The van der Waals surface area contributed by atoms with E-state index in [9.17, 15) is 9.59 Å². The van der Waals surface area contributed by atoms with E-state index in [-0.39, 0.29) is 18.1 Å². The maximum atomic E-state index is 11.7. The number of Topliss-reactive ketones (excluding diaryl/α,β-unsaturated/α-hetero) is 1. The van der Waals surface area contributed by atoms with Gasteiger partial charge in [-0.05, 0) is 41.5 Å². The van der Waals surface area contributed by atoms with Crippen LogP contribution in [0.25, 0.3) is 0 Å². The first kappa shape index (κ1) is 18.5. The molecule has 0 saturated heterocycles. The van der Waals surface area contributed by atoms with Crippen molar-refractivity contribution in [1.82, 2.24) is 0 Å². The van der Waals surface area contributed by atoms with Crippen LogP contribution in [0, 0.1) is 5.41 Å². The lowest BCUT2D eigenvalue weighted by molar-refractivity contribution is -0.155. The molecule has 20 heavy (non-hydrogen) atoms. The van der Waals surface area contributed by atoms with Gasteiger partial charge in [-0.25, -0.2) is 4.79 Å². The zero-order valence-corrected chi connectivity index (χ0v) is 13.3. The van der Waals surface area contributed by atoms with Gasteiger partial charge in [-0.2, -0.15) is 0 Å². The predicted molar refractivity (Wildman–Crippen MR) is 78.0 cm³/mol. The van der Waals surface area contributed by atoms with Crippen molar-refractivity contribution in [3.8, 4) is 0 Å². The SMILES string of the molecule is C=C(C)C(=O)OC(C)(C)CCOC(C)(C)C(=O)C(C)=N. The topological polar surface area (TPSA) is 76.5 Å². The van der Waals surface area contributed by atoms with Gasteiger partial charge >= 0.3 is 5.97 Å². The lowest BCUT2D eigenvalue weighted by Gasteiger charge is -2.28. The Labute approximate surface area is 120 Å². The van der Waals surface area contributed by atoms with Gasteiger partial charge in [-0.15, -0.1) is 0 Å². The van der Waals surface area contributed by atoms with Crippen LogP contribution < -0.4 is 0 Å². The Morgan fingerprint density at radius 2 is 1.65 bits per heavy atom. The average Bonchev–Trinajstić information content (AvgIpc) is 2.26. The van der Waals surface area contributed by atoms with Crippen LogP contribution in [0.5, 0.6) is 0 Å². The molecule has 1 N–H and O–H groups in total. The maximum absolute atomic E-state index is 11.7. The van der Waals surface area contributed by atoms with Crippen molar-refractivity contribution < 1.29 is 19.1 Å². The summed E-state index contributed by atoms with van der Waals surface area (Å²) in [6.07, 6.45) is 0.444. The number of nitrogens with one attached hydrogen (secondary N) is 1. The summed E-state index contributed by atoms with van der Waals surface area (Å²) in [5, 5.41) is 7.35. The van der Waals surface area contributed by atoms with Gasteiger partial charge in [-0.3, -0.25) is 4.79 Å². The number of hydrogen-bond acceptors (Lipinski definition) is 5. The van der Waals surface area contributed by atoms with Crippen LogP contribution in [0.1, 0.15) is 48.0 Å². The first-order valence-electron chi connectivity index (χ1n) is 6.52. The zero-order chi connectivity index (χ0) is 16.1. The van der Waals surface area contributed by atoms with Crippen LogP contribution in [-0.2, 0) is 19.1 Å². The van der Waals surface area contributed by atoms with Crippen LogP contribution in [0.3, 0.4) is 0 Å². The second kappa shape index (κ2) is 6.79. The quantitative estimate of drug-likeness (QED) is 0.422. The molecule has 0 aliphatic rings. The molecule has 0 aromatic heterocycles. The molecular weight excluding hydrogens is 258 g/mol. The van der Waals surface area contributed by atoms with Crippen molar-refractivity contribution >= 4 is 17.5 Å². The minimum Gasteiger partial charge on any atom is -0.456 e. The molecule has 0 aliphatic carbocycles. The summed E-state index contributed by atoms with van der Waals surface area (Å²) in [5.41, 5.74) is -1.44. The normalized spacial score (nSPS) is 11.9. The molecule has 0 saturated carbocycles. The highest BCUT2D eigenvalue weighted by Crippen LogP contribution is 2.19. The molecule has 0 aromatic carbocycles. The van der Waals surface area contributed by atoms with Crippen LogP contribution in [0.2, 0.25) is 0 Å². The molecule has 0 unspecified atom stereocenters. The molecular formula is C15H25NO4. The fourth-order valence-electron chi connectivity index (χ4n) is 1.46. The van der Waals surface area contributed by atoms with Crippen molar-refractivity contribution in [3.05, 3.63) is 12.2 Å². The van der Waals surface area contributed by atoms with Gasteiger partial charge in [0, 0.05) is 12.0 Å². The number of esters is 1. The number of rotatable bonds is 8. The number of carbonyl (C=O) groups excluding carboxylic acids is 2. The van der Waals surface area contributed by atoms with E-state index in [2.05, 4.69) is 6.58 Å². The largest absolute Gasteiger partial charge is 0.456 e. The lowest BCUT2D eigenvalue weighted by atomic mass is 9.99. The fourth-order valence-corrected chi connectivity index (χ4v) is 1.46. The molecule has 0 amide bonds. The monoisotopic (exact) mass is 283 g/mol. The summed E-state index contributed by atoms with van der Waals surface area (Å²) in [4.78, 5) is 23.2. The van der Waals surface area contributed by atoms with Crippen LogP contribution >= 0.6 is 0 Å². The van der Waals surface area contributed by atoms with Gasteiger partial charge in [-0.1, -0.05) is 6.58 Å². The number of carbonyl (C=O) groups is 2.